The zero-order chi connectivity index (χ0) is 27.5. The molecule has 1 saturated heterocycles. The normalized spacial score (nSPS) is 19.2. The van der Waals surface area contributed by atoms with Crippen LogP contribution >= 0.6 is 22.9 Å². The van der Waals surface area contributed by atoms with Crippen LogP contribution in [0.1, 0.15) is 41.7 Å². The number of nitrogens with one attached hydrogen (secondary N) is 1. The number of rotatable bonds is 10. The summed E-state index contributed by atoms with van der Waals surface area (Å²) >= 11 is 8.35. The molecule has 6 nitrogen and oxygen atoms in total. The van der Waals surface area contributed by atoms with E-state index in [9.17, 15) is 4.39 Å². The van der Waals surface area contributed by atoms with Gasteiger partial charge in [-0.15, -0.1) is 11.3 Å². The molecule has 1 N–H and O–H groups in total. The Morgan fingerprint density at radius 1 is 1.18 bits per heavy atom. The summed E-state index contributed by atoms with van der Waals surface area (Å²) in [6.45, 7) is 3.44. The van der Waals surface area contributed by atoms with Gasteiger partial charge >= 0.3 is 0 Å². The Hall–Kier alpha value is -2.78. The first-order valence-electron chi connectivity index (χ1n) is 14.0. The number of methoxy groups -OCH3 is 1. The van der Waals surface area contributed by atoms with Crippen LogP contribution < -0.4 is 10.1 Å². The van der Waals surface area contributed by atoms with E-state index >= 15 is 0 Å². The van der Waals surface area contributed by atoms with Gasteiger partial charge in [0.1, 0.15) is 35.1 Å². The maximum atomic E-state index is 13.5. The highest BCUT2D eigenvalue weighted by molar-refractivity contribution is 7.19. The molecular formula is C31H34ClFN4O2S. The molecule has 2 atom stereocenters. The average Bonchev–Trinajstić information content (AvgIpc) is 3.56. The fraction of sp³-hybridized carbons (Fsp3) is 0.419. The summed E-state index contributed by atoms with van der Waals surface area (Å²) in [5.74, 6) is 1.77. The maximum Gasteiger partial charge on any atom is 0.142 e. The number of fused-ring (bicyclic) bond motifs is 3. The second kappa shape index (κ2) is 12.4. The third-order valence-electron chi connectivity index (χ3n) is 8.11. The van der Waals surface area contributed by atoms with E-state index in [4.69, 9.17) is 21.1 Å². The molecule has 0 bridgehead atoms. The molecule has 6 rings (SSSR count). The Morgan fingerprint density at radius 2 is 2.10 bits per heavy atom. The molecule has 210 valence electrons. The number of ether oxygens (including phenoxy) is 2. The number of likely N-dealkylation sites (tertiary alicyclic amines) is 1. The second-order valence-corrected chi connectivity index (χ2v) is 12.3. The highest BCUT2D eigenvalue weighted by atomic mass is 35.5. The number of thiophene rings is 1. The van der Waals surface area contributed by atoms with Gasteiger partial charge in [-0.1, -0.05) is 23.7 Å². The minimum absolute atomic E-state index is 0.241. The van der Waals surface area contributed by atoms with Crippen molar-refractivity contribution in [2.75, 3.05) is 32.1 Å². The van der Waals surface area contributed by atoms with Crippen LogP contribution in [0.2, 0.25) is 5.02 Å². The molecule has 1 unspecified atom stereocenters. The number of halogens is 2. The van der Waals surface area contributed by atoms with Crippen LogP contribution in [0.25, 0.3) is 10.2 Å². The summed E-state index contributed by atoms with van der Waals surface area (Å²) in [5, 5.41) is 5.08. The fourth-order valence-electron chi connectivity index (χ4n) is 6.06. The molecule has 2 aromatic heterocycles. The Bertz CT molecular complexity index is 1480. The predicted molar refractivity (Wildman–Crippen MR) is 159 cm³/mol. The van der Waals surface area contributed by atoms with Crippen LogP contribution in [0.3, 0.4) is 0 Å². The maximum absolute atomic E-state index is 13.5. The van der Waals surface area contributed by atoms with Gasteiger partial charge < -0.3 is 14.8 Å². The fourth-order valence-corrected chi connectivity index (χ4v) is 7.60. The van der Waals surface area contributed by atoms with Crippen molar-refractivity contribution in [1.29, 1.82) is 0 Å². The average molecular weight is 581 g/mol. The van der Waals surface area contributed by atoms with E-state index in [1.54, 1.807) is 12.4 Å². The lowest BCUT2D eigenvalue weighted by molar-refractivity contribution is 0.111. The van der Waals surface area contributed by atoms with Gasteiger partial charge in [0.05, 0.1) is 17.0 Å². The highest BCUT2D eigenvalue weighted by Crippen LogP contribution is 2.41. The molecule has 1 aliphatic carbocycles. The molecule has 0 spiro atoms. The first kappa shape index (κ1) is 27.4. The Morgan fingerprint density at radius 3 is 2.95 bits per heavy atom. The highest BCUT2D eigenvalue weighted by Gasteiger charge is 2.28. The molecular weight excluding hydrogens is 547 g/mol. The van der Waals surface area contributed by atoms with Crippen LogP contribution in [0.4, 0.5) is 15.9 Å². The molecule has 2 aromatic carbocycles. The minimum Gasteiger partial charge on any atom is -0.487 e. The predicted octanol–water partition coefficient (Wildman–Crippen LogP) is 7.41. The quantitative estimate of drug-likeness (QED) is 0.211. The lowest BCUT2D eigenvalue weighted by atomic mass is 9.85. The minimum atomic E-state index is -0.285. The van der Waals surface area contributed by atoms with Gasteiger partial charge in [-0.3, -0.25) is 4.90 Å². The van der Waals surface area contributed by atoms with Gasteiger partial charge in [-0.25, -0.2) is 14.4 Å². The van der Waals surface area contributed by atoms with E-state index in [1.165, 1.54) is 54.8 Å². The van der Waals surface area contributed by atoms with Crippen molar-refractivity contribution in [3.8, 4) is 5.75 Å². The number of hydrogen-bond donors (Lipinski definition) is 1. The largest absolute Gasteiger partial charge is 0.487 e. The van der Waals surface area contributed by atoms with Crippen molar-refractivity contribution >= 4 is 44.7 Å². The molecule has 2 aliphatic rings. The van der Waals surface area contributed by atoms with Gasteiger partial charge in [0.2, 0.25) is 0 Å². The summed E-state index contributed by atoms with van der Waals surface area (Å²) in [5.41, 5.74) is 2.96. The van der Waals surface area contributed by atoms with Crippen LogP contribution in [0, 0.1) is 11.7 Å². The van der Waals surface area contributed by atoms with E-state index in [0.717, 1.165) is 53.3 Å². The third kappa shape index (κ3) is 6.10. The van der Waals surface area contributed by atoms with Crippen molar-refractivity contribution in [3.63, 3.8) is 0 Å². The van der Waals surface area contributed by atoms with Crippen LogP contribution in [0.5, 0.6) is 5.75 Å². The number of aryl methyl sites for hydroxylation is 1. The zero-order valence-electron chi connectivity index (χ0n) is 22.7. The summed E-state index contributed by atoms with van der Waals surface area (Å²) in [4.78, 5) is 14.3. The Balaban J connectivity index is 1.12. The van der Waals surface area contributed by atoms with E-state index < -0.39 is 0 Å². The van der Waals surface area contributed by atoms with Gasteiger partial charge in [0.15, 0.2) is 0 Å². The molecule has 40 heavy (non-hydrogen) atoms. The lowest BCUT2D eigenvalue weighted by Gasteiger charge is -2.28. The zero-order valence-corrected chi connectivity index (χ0v) is 24.2. The standard InChI is InChI=1S/C31H34ClFN4O2S/c1-38-18-24-6-3-12-37(24)13-11-20-7-9-25-28(15-20)40-31-29(25)30(34-19-35-31)36-23-8-10-27(26(32)16-23)39-17-21-4-2-5-22(33)14-21/h2,4-5,8,10,14,16,19-20,24H,3,6-7,9,11-13,15,17-18H2,1H3,(H,34,35,36)/t20?,24-/m1/s1. The molecule has 0 radical (unpaired) electrons. The molecule has 1 aliphatic heterocycles. The first-order valence-corrected chi connectivity index (χ1v) is 15.2. The van der Waals surface area contributed by atoms with Crippen LogP contribution in [-0.2, 0) is 24.2 Å². The van der Waals surface area contributed by atoms with Crippen molar-refractivity contribution in [3.05, 3.63) is 75.6 Å². The number of nitrogens with zero attached hydrogens (tertiary/aromatic N) is 3. The first-order chi connectivity index (χ1) is 19.6. The summed E-state index contributed by atoms with van der Waals surface area (Å²) in [7, 11) is 1.81. The molecule has 1 fully saturated rings. The molecule has 4 aromatic rings. The monoisotopic (exact) mass is 580 g/mol. The summed E-state index contributed by atoms with van der Waals surface area (Å²) in [6, 6.07) is 12.5. The van der Waals surface area contributed by atoms with Crippen molar-refractivity contribution in [2.45, 2.75) is 51.2 Å². The number of benzene rings is 2. The van der Waals surface area contributed by atoms with E-state index in [0.29, 0.717) is 22.7 Å². The Kier molecular flexibility index (Phi) is 8.48. The van der Waals surface area contributed by atoms with Crippen LogP contribution in [0.15, 0.2) is 48.8 Å². The number of aromatic nitrogens is 2. The van der Waals surface area contributed by atoms with E-state index in [-0.39, 0.29) is 12.4 Å². The lowest BCUT2D eigenvalue weighted by Crippen LogP contribution is -2.34. The van der Waals surface area contributed by atoms with Crippen molar-refractivity contribution in [1.82, 2.24) is 14.9 Å². The SMILES string of the molecule is COC[C@H]1CCCN1CCC1CCc2c(sc3ncnc(Nc4ccc(OCc5cccc(F)c5)c(Cl)c4)c23)C1. The number of hydrogen-bond acceptors (Lipinski definition) is 7. The van der Waals surface area contributed by atoms with Gasteiger partial charge in [0.25, 0.3) is 0 Å². The van der Waals surface area contributed by atoms with E-state index in [2.05, 4.69) is 20.2 Å². The second-order valence-electron chi connectivity index (χ2n) is 10.8. The molecule has 0 saturated carbocycles. The molecule has 0 amide bonds. The topological polar surface area (TPSA) is 59.5 Å². The number of anilines is 2. The van der Waals surface area contributed by atoms with Crippen molar-refractivity contribution in [2.24, 2.45) is 5.92 Å². The molecule has 3 heterocycles. The Labute approximate surface area is 243 Å². The summed E-state index contributed by atoms with van der Waals surface area (Å²) < 4.78 is 24.7. The van der Waals surface area contributed by atoms with Crippen LogP contribution in [-0.4, -0.2) is 47.7 Å². The summed E-state index contributed by atoms with van der Waals surface area (Å²) in [6.07, 6.45) is 8.76. The van der Waals surface area contributed by atoms with Gasteiger partial charge in [0, 0.05) is 23.7 Å². The third-order valence-corrected chi connectivity index (χ3v) is 9.57. The van der Waals surface area contributed by atoms with Gasteiger partial charge in [-0.2, -0.15) is 0 Å². The van der Waals surface area contributed by atoms with Crippen molar-refractivity contribution < 1.29 is 13.9 Å². The molecule has 9 heteroatoms. The van der Waals surface area contributed by atoms with Gasteiger partial charge in [-0.05, 0) is 99.0 Å². The van der Waals surface area contributed by atoms with E-state index in [1.807, 2.05) is 42.7 Å². The smallest absolute Gasteiger partial charge is 0.142 e.